The predicted octanol–water partition coefficient (Wildman–Crippen LogP) is 3.00. The second-order valence-electron chi connectivity index (χ2n) is 6.82. The van der Waals surface area contributed by atoms with E-state index in [-0.39, 0.29) is 30.6 Å². The molecular formula is C22H23NO5S. The fourth-order valence-corrected chi connectivity index (χ4v) is 4.39. The Bertz CT molecular complexity index is 997. The van der Waals surface area contributed by atoms with E-state index in [1.54, 1.807) is 37.3 Å². The summed E-state index contributed by atoms with van der Waals surface area (Å²) in [5.41, 5.74) is 1.50. The van der Waals surface area contributed by atoms with Crippen LogP contribution in [0.4, 0.5) is 0 Å². The number of nitrogens with zero attached hydrogens (tertiary/aromatic N) is 1. The van der Waals surface area contributed by atoms with Gasteiger partial charge in [0.25, 0.3) is 5.91 Å². The molecule has 0 saturated carbocycles. The zero-order chi connectivity index (χ0) is 20.9. The molecule has 1 atom stereocenters. The van der Waals surface area contributed by atoms with E-state index >= 15 is 0 Å². The highest BCUT2D eigenvalue weighted by Gasteiger charge is 2.30. The largest absolute Gasteiger partial charge is 0.484 e. The number of rotatable bonds is 8. The van der Waals surface area contributed by atoms with Gasteiger partial charge in [-0.15, -0.1) is 0 Å². The van der Waals surface area contributed by atoms with Crippen LogP contribution < -0.4 is 4.74 Å². The molecule has 6 nitrogen and oxygen atoms in total. The van der Waals surface area contributed by atoms with Crippen molar-refractivity contribution in [3.63, 3.8) is 0 Å². The first-order valence-electron chi connectivity index (χ1n) is 9.38. The minimum atomic E-state index is -3.30. The molecule has 0 unspecified atom stereocenters. The predicted molar refractivity (Wildman–Crippen MR) is 110 cm³/mol. The monoisotopic (exact) mass is 413 g/mol. The van der Waals surface area contributed by atoms with E-state index in [4.69, 9.17) is 4.74 Å². The normalized spacial score (nSPS) is 17.1. The van der Waals surface area contributed by atoms with Crippen LogP contribution in [-0.4, -0.2) is 43.4 Å². The lowest BCUT2D eigenvalue weighted by molar-refractivity contribution is -0.135. The number of benzene rings is 2. The van der Waals surface area contributed by atoms with Crippen molar-refractivity contribution in [1.29, 1.82) is 0 Å². The first kappa shape index (κ1) is 20.8. The molecule has 152 valence electrons. The van der Waals surface area contributed by atoms with Crippen LogP contribution in [0.25, 0.3) is 0 Å². The maximum atomic E-state index is 12.9. The molecule has 0 aliphatic carbocycles. The van der Waals surface area contributed by atoms with Gasteiger partial charge in [-0.3, -0.25) is 9.59 Å². The molecule has 0 fully saturated rings. The Morgan fingerprint density at radius 2 is 1.76 bits per heavy atom. The molecule has 7 heteroatoms. The van der Waals surface area contributed by atoms with Crippen molar-refractivity contribution < 1.29 is 22.7 Å². The Balaban J connectivity index is 1.69. The van der Waals surface area contributed by atoms with Gasteiger partial charge in [-0.25, -0.2) is 8.42 Å². The molecule has 1 heterocycles. The van der Waals surface area contributed by atoms with Crippen LogP contribution in [-0.2, 0) is 21.2 Å². The summed E-state index contributed by atoms with van der Waals surface area (Å²) in [6.45, 7) is 1.86. The molecule has 1 aliphatic heterocycles. The Morgan fingerprint density at radius 1 is 1.07 bits per heavy atom. The number of hydrogen-bond donors (Lipinski definition) is 0. The van der Waals surface area contributed by atoms with Crippen molar-refractivity contribution in [3.05, 3.63) is 77.2 Å². The van der Waals surface area contributed by atoms with Crippen molar-refractivity contribution in [1.82, 2.24) is 4.90 Å². The van der Waals surface area contributed by atoms with Gasteiger partial charge in [0.1, 0.15) is 5.75 Å². The fraction of sp³-hybridized carbons (Fsp3) is 0.273. The molecule has 1 aliphatic rings. The average Bonchev–Trinajstić information content (AvgIpc) is 3.10. The molecule has 0 saturated heterocycles. The molecule has 1 amide bonds. The van der Waals surface area contributed by atoms with E-state index in [9.17, 15) is 18.0 Å². The molecular weight excluding hydrogens is 390 g/mol. The minimum absolute atomic E-state index is 0.0379. The number of sulfone groups is 1. The van der Waals surface area contributed by atoms with Crippen LogP contribution in [0.5, 0.6) is 5.75 Å². The van der Waals surface area contributed by atoms with Crippen molar-refractivity contribution in [2.75, 3.05) is 12.4 Å². The van der Waals surface area contributed by atoms with Gasteiger partial charge in [0.2, 0.25) is 0 Å². The average molecular weight is 413 g/mol. The highest BCUT2D eigenvalue weighted by Crippen LogP contribution is 2.19. The third kappa shape index (κ3) is 5.54. The van der Waals surface area contributed by atoms with Gasteiger partial charge in [0, 0.05) is 23.9 Å². The van der Waals surface area contributed by atoms with Gasteiger partial charge < -0.3 is 9.64 Å². The van der Waals surface area contributed by atoms with Crippen molar-refractivity contribution in [2.24, 2.45) is 0 Å². The molecule has 0 aromatic heterocycles. The second-order valence-corrected chi connectivity index (χ2v) is 8.75. The SMILES string of the molecule is CCC(=O)c1ccc(OCC(=O)N(Cc2ccccc2)[C@@H]2C=CS(=O)(=O)C2)cc1. The number of amides is 1. The van der Waals surface area contributed by atoms with Gasteiger partial charge >= 0.3 is 0 Å². The summed E-state index contributed by atoms with van der Waals surface area (Å²) in [4.78, 5) is 26.1. The Hall–Kier alpha value is -2.93. The van der Waals surface area contributed by atoms with Crippen LogP contribution in [0.15, 0.2) is 66.1 Å². The standard InChI is InChI=1S/C22H23NO5S/c1-2-21(24)18-8-10-20(11-9-18)28-15-22(25)23(14-17-6-4-3-5-7-17)19-12-13-29(26,27)16-19/h3-13,19H,2,14-16H2,1H3/t19-/m1/s1. The Morgan fingerprint density at radius 3 is 2.34 bits per heavy atom. The number of Topliss-reactive ketones (excluding diaryl/α,β-unsaturated/α-hetero) is 1. The van der Waals surface area contributed by atoms with Crippen molar-refractivity contribution >= 4 is 21.5 Å². The second kappa shape index (κ2) is 9.05. The number of hydrogen-bond acceptors (Lipinski definition) is 5. The molecule has 3 rings (SSSR count). The summed E-state index contributed by atoms with van der Waals surface area (Å²) in [6, 6.07) is 15.5. The van der Waals surface area contributed by atoms with Gasteiger partial charge in [0.15, 0.2) is 22.2 Å². The van der Waals surface area contributed by atoms with E-state index in [1.807, 2.05) is 30.3 Å². The molecule has 2 aromatic carbocycles. The zero-order valence-electron chi connectivity index (χ0n) is 16.2. The van der Waals surface area contributed by atoms with Gasteiger partial charge in [0.05, 0.1) is 11.8 Å². The Kier molecular flexibility index (Phi) is 6.49. The summed E-state index contributed by atoms with van der Waals surface area (Å²) in [6.07, 6.45) is 1.96. The van der Waals surface area contributed by atoms with Crippen molar-refractivity contribution in [3.8, 4) is 5.75 Å². The Labute approximate surface area is 170 Å². The lowest BCUT2D eigenvalue weighted by Crippen LogP contribution is -2.42. The van der Waals surface area contributed by atoms with E-state index in [1.165, 1.54) is 4.90 Å². The number of carbonyl (C=O) groups excluding carboxylic acids is 2. The van der Waals surface area contributed by atoms with Crippen LogP contribution in [0.1, 0.15) is 29.3 Å². The van der Waals surface area contributed by atoms with E-state index in [2.05, 4.69) is 0 Å². The summed E-state index contributed by atoms with van der Waals surface area (Å²) in [5, 5.41) is 1.16. The summed E-state index contributed by atoms with van der Waals surface area (Å²) >= 11 is 0. The lowest BCUT2D eigenvalue weighted by atomic mass is 10.1. The minimum Gasteiger partial charge on any atom is -0.484 e. The highest BCUT2D eigenvalue weighted by molar-refractivity contribution is 7.94. The van der Waals surface area contributed by atoms with E-state index in [0.29, 0.717) is 17.7 Å². The molecule has 2 aromatic rings. The summed E-state index contributed by atoms with van der Waals surface area (Å²) < 4.78 is 29.2. The van der Waals surface area contributed by atoms with Crippen LogP contribution >= 0.6 is 0 Å². The first-order chi connectivity index (χ1) is 13.9. The van der Waals surface area contributed by atoms with E-state index in [0.717, 1.165) is 11.0 Å². The molecule has 0 spiro atoms. The van der Waals surface area contributed by atoms with Gasteiger partial charge in [-0.2, -0.15) is 0 Å². The maximum Gasteiger partial charge on any atom is 0.261 e. The maximum absolute atomic E-state index is 12.9. The van der Waals surface area contributed by atoms with Crippen LogP contribution in [0.2, 0.25) is 0 Å². The molecule has 0 radical (unpaired) electrons. The summed E-state index contributed by atoms with van der Waals surface area (Å²) in [7, 11) is -3.30. The quantitative estimate of drug-likeness (QED) is 0.622. The molecule has 0 N–H and O–H groups in total. The van der Waals surface area contributed by atoms with Gasteiger partial charge in [-0.05, 0) is 35.9 Å². The van der Waals surface area contributed by atoms with Crippen LogP contribution in [0, 0.1) is 0 Å². The zero-order valence-corrected chi connectivity index (χ0v) is 17.0. The first-order valence-corrected chi connectivity index (χ1v) is 11.1. The summed E-state index contributed by atoms with van der Waals surface area (Å²) in [5.74, 6) is 0.0739. The smallest absolute Gasteiger partial charge is 0.261 e. The molecule has 0 bridgehead atoms. The van der Waals surface area contributed by atoms with Gasteiger partial charge in [-0.1, -0.05) is 37.3 Å². The number of ketones is 1. The number of carbonyl (C=O) groups is 2. The van der Waals surface area contributed by atoms with Crippen molar-refractivity contribution in [2.45, 2.75) is 25.9 Å². The lowest BCUT2D eigenvalue weighted by Gasteiger charge is -2.27. The van der Waals surface area contributed by atoms with Crippen LogP contribution in [0.3, 0.4) is 0 Å². The highest BCUT2D eigenvalue weighted by atomic mass is 32.2. The third-order valence-electron chi connectivity index (χ3n) is 4.69. The topological polar surface area (TPSA) is 80.8 Å². The van der Waals surface area contributed by atoms with E-state index < -0.39 is 15.9 Å². The fourth-order valence-electron chi connectivity index (χ4n) is 3.09. The number of ether oxygens (including phenoxy) is 1. The third-order valence-corrected chi connectivity index (χ3v) is 6.07. The molecule has 29 heavy (non-hydrogen) atoms.